The quantitative estimate of drug-likeness (QED) is 0.671. The molecule has 0 aliphatic heterocycles. The van der Waals surface area contributed by atoms with E-state index in [2.05, 4.69) is 10.3 Å². The van der Waals surface area contributed by atoms with Crippen LogP contribution in [0.25, 0.3) is 0 Å². The van der Waals surface area contributed by atoms with Crippen LogP contribution in [0.1, 0.15) is 5.69 Å². The summed E-state index contributed by atoms with van der Waals surface area (Å²) in [6.45, 7) is 0. The normalized spacial score (nSPS) is 10.1. The summed E-state index contributed by atoms with van der Waals surface area (Å²) in [6.07, 6.45) is 1.11. The van der Waals surface area contributed by atoms with Crippen molar-refractivity contribution in [2.24, 2.45) is 0 Å². The van der Waals surface area contributed by atoms with Crippen molar-refractivity contribution in [1.82, 2.24) is 4.98 Å². The Morgan fingerprint density at radius 2 is 1.68 bits per heavy atom. The molecular formula is C12H5F4N3. The fourth-order valence-corrected chi connectivity index (χ4v) is 1.36. The van der Waals surface area contributed by atoms with Gasteiger partial charge in [-0.05, 0) is 12.1 Å². The molecule has 7 heteroatoms. The predicted octanol–water partition coefficient (Wildman–Crippen LogP) is 3.25. The summed E-state index contributed by atoms with van der Waals surface area (Å²) in [5.41, 5.74) is -0.775. The van der Waals surface area contributed by atoms with E-state index in [0.717, 1.165) is 6.20 Å². The van der Waals surface area contributed by atoms with Gasteiger partial charge in [-0.25, -0.2) is 22.5 Å². The Morgan fingerprint density at radius 1 is 1.05 bits per heavy atom. The summed E-state index contributed by atoms with van der Waals surface area (Å²) in [7, 11) is 0. The summed E-state index contributed by atoms with van der Waals surface area (Å²) in [5.74, 6) is -6.10. The van der Waals surface area contributed by atoms with Gasteiger partial charge in [-0.3, -0.25) is 0 Å². The number of halogens is 4. The molecule has 0 aliphatic rings. The molecule has 1 aromatic heterocycles. The van der Waals surface area contributed by atoms with Gasteiger partial charge in [-0.1, -0.05) is 0 Å². The molecule has 1 N–H and O–H groups in total. The number of aromatic nitrogens is 1. The van der Waals surface area contributed by atoms with Crippen molar-refractivity contribution < 1.29 is 17.6 Å². The lowest BCUT2D eigenvalue weighted by Gasteiger charge is -2.09. The minimum atomic E-state index is -1.54. The number of anilines is 2. The van der Waals surface area contributed by atoms with E-state index in [1.54, 1.807) is 6.07 Å². The highest BCUT2D eigenvalue weighted by atomic mass is 19.2. The number of nitriles is 1. The number of hydrogen-bond donors (Lipinski definition) is 1. The monoisotopic (exact) mass is 267 g/mol. The molecule has 0 unspecified atom stereocenters. The molecule has 19 heavy (non-hydrogen) atoms. The Labute approximate surface area is 105 Å². The molecule has 0 amide bonds. The van der Waals surface area contributed by atoms with Gasteiger partial charge in [0, 0.05) is 6.07 Å². The van der Waals surface area contributed by atoms with Gasteiger partial charge >= 0.3 is 0 Å². The SMILES string of the molecule is N#Cc1ccc(Nc2c(F)c(F)cc(F)c2F)cn1. The highest BCUT2D eigenvalue weighted by Gasteiger charge is 2.19. The molecule has 0 bridgehead atoms. The zero-order valence-corrected chi connectivity index (χ0v) is 9.22. The average Bonchev–Trinajstić information content (AvgIpc) is 2.42. The molecule has 3 nitrogen and oxygen atoms in total. The van der Waals surface area contributed by atoms with Gasteiger partial charge in [-0.2, -0.15) is 5.26 Å². The molecule has 0 radical (unpaired) electrons. The topological polar surface area (TPSA) is 48.7 Å². The van der Waals surface area contributed by atoms with E-state index in [9.17, 15) is 17.6 Å². The molecule has 2 aromatic rings. The van der Waals surface area contributed by atoms with Gasteiger partial charge in [0.1, 0.15) is 17.5 Å². The summed E-state index contributed by atoms with van der Waals surface area (Å²) in [6, 6.07) is 4.45. The maximum Gasteiger partial charge on any atom is 0.185 e. The zero-order chi connectivity index (χ0) is 14.0. The first kappa shape index (κ1) is 12.8. The minimum Gasteiger partial charge on any atom is -0.349 e. The number of benzene rings is 1. The van der Waals surface area contributed by atoms with E-state index in [1.165, 1.54) is 12.1 Å². The molecule has 0 fully saturated rings. The summed E-state index contributed by atoms with van der Waals surface area (Å²) >= 11 is 0. The smallest absolute Gasteiger partial charge is 0.185 e. The first-order valence-electron chi connectivity index (χ1n) is 4.99. The third-order valence-corrected chi connectivity index (χ3v) is 2.26. The Kier molecular flexibility index (Phi) is 3.33. The molecule has 2 rings (SSSR count). The number of nitrogens with one attached hydrogen (secondary N) is 1. The van der Waals surface area contributed by atoms with E-state index >= 15 is 0 Å². The van der Waals surface area contributed by atoms with E-state index in [0.29, 0.717) is 0 Å². The van der Waals surface area contributed by atoms with Crippen LogP contribution in [0.4, 0.5) is 28.9 Å². The van der Waals surface area contributed by atoms with E-state index in [4.69, 9.17) is 5.26 Å². The fourth-order valence-electron chi connectivity index (χ4n) is 1.36. The van der Waals surface area contributed by atoms with Crippen LogP contribution in [0.15, 0.2) is 24.4 Å². The lowest BCUT2D eigenvalue weighted by Crippen LogP contribution is -2.03. The molecule has 1 heterocycles. The molecule has 1 aromatic carbocycles. The molecule has 0 spiro atoms. The van der Waals surface area contributed by atoms with E-state index in [1.807, 2.05) is 0 Å². The second-order valence-corrected chi connectivity index (χ2v) is 3.51. The second kappa shape index (κ2) is 4.94. The van der Waals surface area contributed by atoms with Gasteiger partial charge in [-0.15, -0.1) is 0 Å². The van der Waals surface area contributed by atoms with Crippen LogP contribution in [-0.4, -0.2) is 4.98 Å². The van der Waals surface area contributed by atoms with Crippen LogP contribution in [-0.2, 0) is 0 Å². The summed E-state index contributed by atoms with van der Waals surface area (Å²) < 4.78 is 52.6. The number of rotatable bonds is 2. The third kappa shape index (κ3) is 2.47. The molecule has 0 atom stereocenters. The lowest BCUT2D eigenvalue weighted by molar-refractivity contribution is 0.459. The fraction of sp³-hybridized carbons (Fsp3) is 0. The maximum atomic E-state index is 13.4. The standard InChI is InChI=1S/C12H5F4N3/c13-8-3-9(14)11(16)12(10(8)15)19-7-2-1-6(4-17)18-5-7/h1-3,5,19H. The van der Waals surface area contributed by atoms with Crippen molar-refractivity contribution in [3.8, 4) is 6.07 Å². The van der Waals surface area contributed by atoms with E-state index < -0.39 is 29.0 Å². The maximum absolute atomic E-state index is 13.4. The Hall–Kier alpha value is -2.62. The van der Waals surface area contributed by atoms with Crippen molar-refractivity contribution in [2.75, 3.05) is 5.32 Å². The van der Waals surface area contributed by atoms with Crippen molar-refractivity contribution in [2.45, 2.75) is 0 Å². The van der Waals surface area contributed by atoms with Gasteiger partial charge in [0.25, 0.3) is 0 Å². The average molecular weight is 267 g/mol. The van der Waals surface area contributed by atoms with Crippen LogP contribution in [0.3, 0.4) is 0 Å². The summed E-state index contributed by atoms with van der Waals surface area (Å²) in [4.78, 5) is 3.64. The first-order valence-corrected chi connectivity index (χ1v) is 4.99. The number of pyridine rings is 1. The molecule has 0 saturated carbocycles. The van der Waals surface area contributed by atoms with Gasteiger partial charge in [0.2, 0.25) is 0 Å². The van der Waals surface area contributed by atoms with Gasteiger partial charge < -0.3 is 5.32 Å². The summed E-state index contributed by atoms with van der Waals surface area (Å²) in [5, 5.41) is 10.7. The van der Waals surface area contributed by atoms with Crippen LogP contribution < -0.4 is 5.32 Å². The van der Waals surface area contributed by atoms with Gasteiger partial charge in [0.15, 0.2) is 23.3 Å². The minimum absolute atomic E-state index is 0.0850. The molecule has 96 valence electrons. The first-order chi connectivity index (χ1) is 9.02. The van der Waals surface area contributed by atoms with Crippen molar-refractivity contribution in [1.29, 1.82) is 5.26 Å². The Morgan fingerprint density at radius 3 is 2.16 bits per heavy atom. The molecular weight excluding hydrogens is 262 g/mol. The number of nitrogens with zero attached hydrogens (tertiary/aromatic N) is 2. The predicted molar refractivity (Wildman–Crippen MR) is 58.5 cm³/mol. The van der Waals surface area contributed by atoms with Crippen LogP contribution in [0, 0.1) is 34.6 Å². The van der Waals surface area contributed by atoms with Gasteiger partial charge in [0.05, 0.1) is 11.9 Å². The zero-order valence-electron chi connectivity index (χ0n) is 9.22. The molecule has 0 aliphatic carbocycles. The van der Waals surface area contributed by atoms with Crippen LogP contribution in [0.5, 0.6) is 0 Å². The highest BCUT2D eigenvalue weighted by Crippen LogP contribution is 2.27. The van der Waals surface area contributed by atoms with Crippen LogP contribution >= 0.6 is 0 Å². The Balaban J connectivity index is 2.40. The molecule has 0 saturated heterocycles. The number of hydrogen-bond acceptors (Lipinski definition) is 3. The highest BCUT2D eigenvalue weighted by molar-refractivity contribution is 5.60. The van der Waals surface area contributed by atoms with Crippen molar-refractivity contribution in [3.05, 3.63) is 53.4 Å². The largest absolute Gasteiger partial charge is 0.349 e. The Bertz CT molecular complexity index is 636. The van der Waals surface area contributed by atoms with Crippen molar-refractivity contribution >= 4 is 11.4 Å². The lowest BCUT2D eigenvalue weighted by atomic mass is 10.2. The second-order valence-electron chi connectivity index (χ2n) is 3.51. The van der Waals surface area contributed by atoms with Crippen LogP contribution in [0.2, 0.25) is 0 Å². The third-order valence-electron chi connectivity index (χ3n) is 2.26. The van der Waals surface area contributed by atoms with Crippen molar-refractivity contribution in [3.63, 3.8) is 0 Å². The van der Waals surface area contributed by atoms with E-state index in [-0.39, 0.29) is 17.4 Å².